The first kappa shape index (κ1) is 15.0. The monoisotopic (exact) mass is 279 g/mol. The molecule has 2 aromatic rings. The molecule has 2 heteroatoms. The van der Waals surface area contributed by atoms with Gasteiger partial charge in [-0.1, -0.05) is 61.5 Å². The molecule has 0 aliphatic rings. The van der Waals surface area contributed by atoms with E-state index in [2.05, 4.69) is 24.4 Å². The SMILES string of the molecule is Cc1ccccc1/C=C/C(=O)NC[C@H](C)c1ccccc1. The number of rotatable bonds is 5. The Morgan fingerprint density at radius 2 is 1.76 bits per heavy atom. The molecule has 0 radical (unpaired) electrons. The summed E-state index contributed by atoms with van der Waals surface area (Å²) in [5.41, 5.74) is 3.48. The lowest BCUT2D eigenvalue weighted by atomic mass is 10.0. The molecular formula is C19H21NO. The molecule has 0 saturated carbocycles. The number of benzene rings is 2. The fourth-order valence-corrected chi connectivity index (χ4v) is 2.15. The van der Waals surface area contributed by atoms with Crippen molar-refractivity contribution in [2.45, 2.75) is 19.8 Å². The number of carbonyl (C=O) groups is 1. The largest absolute Gasteiger partial charge is 0.352 e. The van der Waals surface area contributed by atoms with Gasteiger partial charge in [0.05, 0.1) is 0 Å². The van der Waals surface area contributed by atoms with Crippen molar-refractivity contribution in [2.24, 2.45) is 0 Å². The van der Waals surface area contributed by atoms with Gasteiger partial charge in [-0.15, -0.1) is 0 Å². The van der Waals surface area contributed by atoms with Crippen molar-refractivity contribution in [1.29, 1.82) is 0 Å². The summed E-state index contributed by atoms with van der Waals surface area (Å²) in [6.45, 7) is 4.79. The van der Waals surface area contributed by atoms with Gasteiger partial charge >= 0.3 is 0 Å². The van der Waals surface area contributed by atoms with E-state index in [1.54, 1.807) is 6.08 Å². The Balaban J connectivity index is 1.87. The van der Waals surface area contributed by atoms with Crippen molar-refractivity contribution < 1.29 is 4.79 Å². The van der Waals surface area contributed by atoms with Crippen LogP contribution >= 0.6 is 0 Å². The van der Waals surface area contributed by atoms with Gasteiger partial charge in [0.1, 0.15) is 0 Å². The topological polar surface area (TPSA) is 29.1 Å². The minimum atomic E-state index is -0.0546. The summed E-state index contributed by atoms with van der Waals surface area (Å²) < 4.78 is 0. The van der Waals surface area contributed by atoms with E-state index < -0.39 is 0 Å². The summed E-state index contributed by atoms with van der Waals surface area (Å²) >= 11 is 0. The molecule has 21 heavy (non-hydrogen) atoms. The van der Waals surface area contributed by atoms with Crippen LogP contribution in [-0.4, -0.2) is 12.5 Å². The normalized spacial score (nSPS) is 12.3. The van der Waals surface area contributed by atoms with Gasteiger partial charge in [0.2, 0.25) is 5.91 Å². The second-order valence-corrected chi connectivity index (χ2v) is 5.25. The van der Waals surface area contributed by atoms with E-state index in [0.29, 0.717) is 12.5 Å². The van der Waals surface area contributed by atoms with Gasteiger partial charge in [-0.2, -0.15) is 0 Å². The van der Waals surface area contributed by atoms with Crippen LogP contribution in [-0.2, 0) is 4.79 Å². The minimum Gasteiger partial charge on any atom is -0.352 e. The van der Waals surface area contributed by atoms with Gasteiger partial charge in [-0.25, -0.2) is 0 Å². The zero-order chi connectivity index (χ0) is 15.1. The predicted octanol–water partition coefficient (Wildman–Crippen LogP) is 3.93. The molecule has 0 fully saturated rings. The fraction of sp³-hybridized carbons (Fsp3) is 0.211. The summed E-state index contributed by atoms with van der Waals surface area (Å²) in [6, 6.07) is 18.2. The maximum atomic E-state index is 11.9. The predicted molar refractivity (Wildman–Crippen MR) is 88.1 cm³/mol. The first-order valence-corrected chi connectivity index (χ1v) is 7.23. The Kier molecular flexibility index (Phi) is 5.33. The molecule has 2 aromatic carbocycles. The van der Waals surface area contributed by atoms with E-state index in [-0.39, 0.29) is 5.91 Å². The van der Waals surface area contributed by atoms with Crippen molar-refractivity contribution in [3.63, 3.8) is 0 Å². The maximum absolute atomic E-state index is 11.9. The molecule has 0 saturated heterocycles. The number of nitrogens with one attached hydrogen (secondary N) is 1. The van der Waals surface area contributed by atoms with Gasteiger partial charge in [0, 0.05) is 12.6 Å². The molecule has 0 aliphatic carbocycles. The molecule has 0 bridgehead atoms. The number of amides is 1. The third kappa shape index (κ3) is 4.60. The van der Waals surface area contributed by atoms with Crippen LogP contribution in [0.1, 0.15) is 29.5 Å². The van der Waals surface area contributed by atoms with Crippen molar-refractivity contribution in [3.05, 3.63) is 77.4 Å². The molecule has 1 N–H and O–H groups in total. The molecule has 2 nitrogen and oxygen atoms in total. The third-order valence-corrected chi connectivity index (χ3v) is 3.55. The van der Waals surface area contributed by atoms with Crippen LogP contribution in [0.15, 0.2) is 60.7 Å². The Hall–Kier alpha value is -2.35. The number of carbonyl (C=O) groups excluding carboxylic acids is 1. The Morgan fingerprint density at radius 3 is 2.48 bits per heavy atom. The van der Waals surface area contributed by atoms with E-state index in [1.165, 1.54) is 11.1 Å². The molecule has 0 spiro atoms. The van der Waals surface area contributed by atoms with E-state index in [0.717, 1.165) is 5.56 Å². The molecule has 0 aromatic heterocycles. The van der Waals surface area contributed by atoms with Crippen LogP contribution in [0.2, 0.25) is 0 Å². The molecule has 0 heterocycles. The molecule has 2 rings (SSSR count). The van der Waals surface area contributed by atoms with Gasteiger partial charge < -0.3 is 5.32 Å². The summed E-state index contributed by atoms with van der Waals surface area (Å²) in [5.74, 6) is 0.253. The van der Waals surface area contributed by atoms with Gasteiger partial charge in [0.15, 0.2) is 0 Å². The van der Waals surface area contributed by atoms with Crippen LogP contribution in [0.5, 0.6) is 0 Å². The molecule has 1 amide bonds. The summed E-state index contributed by atoms with van der Waals surface area (Å²) in [6.07, 6.45) is 3.46. The average molecular weight is 279 g/mol. The van der Waals surface area contributed by atoms with Crippen LogP contribution in [0.4, 0.5) is 0 Å². The highest BCUT2D eigenvalue weighted by molar-refractivity contribution is 5.91. The second kappa shape index (κ2) is 7.44. The summed E-state index contributed by atoms with van der Waals surface area (Å²) in [7, 11) is 0. The van der Waals surface area contributed by atoms with Crippen LogP contribution < -0.4 is 5.32 Å². The summed E-state index contributed by atoms with van der Waals surface area (Å²) in [4.78, 5) is 11.9. The quantitative estimate of drug-likeness (QED) is 0.826. The van der Waals surface area contributed by atoms with E-state index in [1.807, 2.05) is 55.5 Å². The van der Waals surface area contributed by atoms with Crippen LogP contribution in [0.25, 0.3) is 6.08 Å². The van der Waals surface area contributed by atoms with Gasteiger partial charge in [-0.05, 0) is 35.6 Å². The van der Waals surface area contributed by atoms with Crippen LogP contribution in [0, 0.1) is 6.92 Å². The Labute approximate surface area is 126 Å². The highest BCUT2D eigenvalue weighted by Gasteiger charge is 2.05. The number of aryl methyl sites for hydroxylation is 1. The number of hydrogen-bond acceptors (Lipinski definition) is 1. The van der Waals surface area contributed by atoms with E-state index in [4.69, 9.17) is 0 Å². The van der Waals surface area contributed by atoms with Crippen LogP contribution in [0.3, 0.4) is 0 Å². The third-order valence-electron chi connectivity index (χ3n) is 3.55. The van der Waals surface area contributed by atoms with Crippen molar-refractivity contribution in [3.8, 4) is 0 Å². The number of hydrogen-bond donors (Lipinski definition) is 1. The highest BCUT2D eigenvalue weighted by Crippen LogP contribution is 2.13. The standard InChI is InChI=1S/C19H21NO/c1-15-8-6-7-11-18(15)12-13-19(21)20-14-16(2)17-9-4-3-5-10-17/h3-13,16H,14H2,1-2H3,(H,20,21)/b13-12+/t16-/m0/s1. The molecule has 0 aliphatic heterocycles. The maximum Gasteiger partial charge on any atom is 0.244 e. The molecule has 108 valence electrons. The summed E-state index contributed by atoms with van der Waals surface area (Å²) in [5, 5.41) is 2.94. The first-order chi connectivity index (χ1) is 10.2. The second-order valence-electron chi connectivity index (χ2n) is 5.25. The smallest absolute Gasteiger partial charge is 0.244 e. The Morgan fingerprint density at radius 1 is 1.10 bits per heavy atom. The zero-order valence-corrected chi connectivity index (χ0v) is 12.5. The minimum absolute atomic E-state index is 0.0546. The lowest BCUT2D eigenvalue weighted by molar-refractivity contribution is -0.116. The van der Waals surface area contributed by atoms with Crippen molar-refractivity contribution >= 4 is 12.0 Å². The molecule has 0 unspecified atom stereocenters. The molecular weight excluding hydrogens is 258 g/mol. The zero-order valence-electron chi connectivity index (χ0n) is 12.5. The average Bonchev–Trinajstić information content (AvgIpc) is 2.52. The highest BCUT2D eigenvalue weighted by atomic mass is 16.1. The van der Waals surface area contributed by atoms with E-state index >= 15 is 0 Å². The lowest BCUT2D eigenvalue weighted by Crippen LogP contribution is -2.25. The van der Waals surface area contributed by atoms with Gasteiger partial charge in [0.25, 0.3) is 0 Å². The van der Waals surface area contributed by atoms with Crippen molar-refractivity contribution in [2.75, 3.05) is 6.54 Å². The van der Waals surface area contributed by atoms with Crippen molar-refractivity contribution in [1.82, 2.24) is 5.32 Å². The fourth-order valence-electron chi connectivity index (χ4n) is 2.15. The first-order valence-electron chi connectivity index (χ1n) is 7.23. The molecule has 1 atom stereocenters. The van der Waals surface area contributed by atoms with Gasteiger partial charge in [-0.3, -0.25) is 4.79 Å². The Bertz CT molecular complexity index is 616. The lowest BCUT2D eigenvalue weighted by Gasteiger charge is -2.11. The van der Waals surface area contributed by atoms with E-state index in [9.17, 15) is 4.79 Å².